The second kappa shape index (κ2) is 10.7. The summed E-state index contributed by atoms with van der Waals surface area (Å²) >= 11 is 0. The molecule has 0 unspecified atom stereocenters. The average molecular weight is 654 g/mol. The Bertz CT molecular complexity index is 3080. The molecule has 6 heteroatoms. The first kappa shape index (κ1) is 27.9. The maximum atomic E-state index is 6.21. The van der Waals surface area contributed by atoms with E-state index >= 15 is 0 Å². The van der Waals surface area contributed by atoms with Crippen LogP contribution in [0.25, 0.3) is 100.0 Å². The maximum absolute atomic E-state index is 6.21. The first-order valence-electron chi connectivity index (χ1n) is 17.0. The van der Waals surface area contributed by atoms with E-state index in [2.05, 4.69) is 100 Å². The fraction of sp³-hybridized carbons (Fsp3) is 0. The third-order valence-electron chi connectivity index (χ3n) is 9.97. The Labute approximate surface area is 291 Å². The van der Waals surface area contributed by atoms with Crippen molar-refractivity contribution in [1.82, 2.24) is 24.1 Å². The van der Waals surface area contributed by atoms with E-state index in [1.807, 2.05) is 72.8 Å². The van der Waals surface area contributed by atoms with Crippen molar-refractivity contribution >= 4 is 65.6 Å². The summed E-state index contributed by atoms with van der Waals surface area (Å²) in [4.78, 5) is 15.3. The van der Waals surface area contributed by atoms with Crippen LogP contribution in [0.4, 0.5) is 0 Å². The van der Waals surface area contributed by atoms with E-state index in [0.29, 0.717) is 17.6 Å². The minimum atomic E-state index is 0.571. The van der Waals surface area contributed by atoms with Gasteiger partial charge in [-0.1, -0.05) is 115 Å². The van der Waals surface area contributed by atoms with Crippen LogP contribution in [0.2, 0.25) is 0 Å². The number of fused-ring (bicyclic) bond motifs is 9. The number of hydrogen-bond acceptors (Lipinski definition) is 4. The van der Waals surface area contributed by atoms with Crippen molar-refractivity contribution in [3.05, 3.63) is 164 Å². The van der Waals surface area contributed by atoms with Crippen LogP contribution in [0.3, 0.4) is 0 Å². The molecule has 4 aromatic heterocycles. The largest absolute Gasteiger partial charge is 0.456 e. The van der Waals surface area contributed by atoms with Gasteiger partial charge in [-0.05, 0) is 48.5 Å². The van der Waals surface area contributed by atoms with Crippen LogP contribution >= 0.6 is 0 Å². The fourth-order valence-corrected chi connectivity index (χ4v) is 7.68. The summed E-state index contributed by atoms with van der Waals surface area (Å²) in [6.07, 6.45) is 0. The minimum absolute atomic E-state index is 0.571. The second-order valence-corrected chi connectivity index (χ2v) is 12.9. The SMILES string of the molecule is c1ccc(-c2nc(-c3ccccc3)nc(-n3c4ccccc4c4cc5c6ccccc6n(-c6ccc7oc8ccccc8c7c6)c5cc43)n2)cc1. The highest BCUT2D eigenvalue weighted by molar-refractivity contribution is 6.19. The quantitative estimate of drug-likeness (QED) is 0.190. The van der Waals surface area contributed by atoms with Gasteiger partial charge < -0.3 is 8.98 Å². The van der Waals surface area contributed by atoms with E-state index in [9.17, 15) is 0 Å². The highest BCUT2D eigenvalue weighted by Gasteiger charge is 2.21. The molecule has 0 amide bonds. The number of aromatic nitrogens is 5. The number of rotatable bonds is 4. The van der Waals surface area contributed by atoms with Gasteiger partial charge in [-0.15, -0.1) is 0 Å². The predicted octanol–water partition coefficient (Wildman–Crippen LogP) is 11.3. The standard InChI is InChI=1S/C45H27N5O/c1-3-13-28(14-4-1)43-46-44(29-15-5-2-6-16-29)48-45(47-43)50-38-21-11-8-18-32(38)35-26-34-31-17-7-10-20-37(31)49(39(34)27-40(35)50)30-23-24-42-36(25-30)33-19-9-12-22-41(33)51-42/h1-27H. The Morgan fingerprint density at radius 1 is 0.353 bits per heavy atom. The van der Waals surface area contributed by atoms with E-state index in [-0.39, 0.29) is 0 Å². The molecule has 0 atom stereocenters. The Balaban J connectivity index is 1.24. The zero-order valence-corrected chi connectivity index (χ0v) is 27.2. The predicted molar refractivity (Wildman–Crippen MR) is 207 cm³/mol. The second-order valence-electron chi connectivity index (χ2n) is 12.9. The summed E-state index contributed by atoms with van der Waals surface area (Å²) < 4.78 is 10.8. The molecule has 0 saturated heterocycles. The molecule has 0 spiro atoms. The maximum Gasteiger partial charge on any atom is 0.238 e. The molecule has 0 bridgehead atoms. The van der Waals surface area contributed by atoms with E-state index in [4.69, 9.17) is 19.4 Å². The zero-order chi connectivity index (χ0) is 33.5. The molecule has 0 aliphatic heterocycles. The third-order valence-corrected chi connectivity index (χ3v) is 9.97. The van der Waals surface area contributed by atoms with E-state index in [0.717, 1.165) is 71.6 Å². The van der Waals surface area contributed by atoms with E-state index in [1.165, 1.54) is 10.8 Å². The molecule has 7 aromatic carbocycles. The Hall–Kier alpha value is -7.05. The summed E-state index contributed by atoms with van der Waals surface area (Å²) in [5.74, 6) is 1.82. The first-order chi connectivity index (χ1) is 25.3. The number of para-hydroxylation sites is 3. The van der Waals surface area contributed by atoms with Gasteiger partial charge in [-0.2, -0.15) is 9.97 Å². The summed E-state index contributed by atoms with van der Waals surface area (Å²) in [6.45, 7) is 0. The van der Waals surface area contributed by atoms with Crippen LogP contribution in [0, 0.1) is 0 Å². The van der Waals surface area contributed by atoms with Crippen molar-refractivity contribution in [1.29, 1.82) is 0 Å². The monoisotopic (exact) mass is 653 g/mol. The Morgan fingerprint density at radius 3 is 1.55 bits per heavy atom. The van der Waals surface area contributed by atoms with Crippen molar-refractivity contribution in [3.8, 4) is 34.4 Å². The van der Waals surface area contributed by atoms with Crippen LogP contribution in [0.5, 0.6) is 0 Å². The molecule has 238 valence electrons. The molecule has 0 aliphatic rings. The number of benzene rings is 7. The fourth-order valence-electron chi connectivity index (χ4n) is 7.68. The highest BCUT2D eigenvalue weighted by Crippen LogP contribution is 2.40. The van der Waals surface area contributed by atoms with Crippen LogP contribution in [0.15, 0.2) is 168 Å². The van der Waals surface area contributed by atoms with Crippen molar-refractivity contribution in [2.24, 2.45) is 0 Å². The average Bonchev–Trinajstić information content (AvgIpc) is 3.84. The lowest BCUT2D eigenvalue weighted by Crippen LogP contribution is -2.06. The molecule has 0 aliphatic carbocycles. The van der Waals surface area contributed by atoms with Crippen molar-refractivity contribution in [2.45, 2.75) is 0 Å². The molecule has 0 N–H and O–H groups in total. The van der Waals surface area contributed by atoms with Gasteiger partial charge in [0.1, 0.15) is 11.2 Å². The lowest BCUT2D eigenvalue weighted by molar-refractivity contribution is 0.669. The summed E-state index contributed by atoms with van der Waals surface area (Å²) in [5, 5.41) is 6.86. The van der Waals surface area contributed by atoms with Crippen molar-refractivity contribution in [3.63, 3.8) is 0 Å². The molecule has 51 heavy (non-hydrogen) atoms. The first-order valence-corrected chi connectivity index (χ1v) is 17.0. The van der Waals surface area contributed by atoms with Gasteiger partial charge in [0.25, 0.3) is 0 Å². The van der Waals surface area contributed by atoms with Crippen LogP contribution in [-0.4, -0.2) is 24.1 Å². The molecule has 0 saturated carbocycles. The van der Waals surface area contributed by atoms with E-state index in [1.54, 1.807) is 0 Å². The number of hydrogen-bond donors (Lipinski definition) is 0. The topological polar surface area (TPSA) is 61.7 Å². The van der Waals surface area contributed by atoms with Crippen molar-refractivity contribution < 1.29 is 4.42 Å². The summed E-state index contributed by atoms with van der Waals surface area (Å²) in [6, 6.07) is 56.8. The van der Waals surface area contributed by atoms with Crippen molar-refractivity contribution in [2.75, 3.05) is 0 Å². The van der Waals surface area contributed by atoms with Gasteiger partial charge in [0, 0.05) is 49.1 Å². The third kappa shape index (κ3) is 4.20. The normalized spacial score (nSPS) is 11.9. The molecular weight excluding hydrogens is 627 g/mol. The van der Waals surface area contributed by atoms with E-state index < -0.39 is 0 Å². The molecule has 11 rings (SSSR count). The summed E-state index contributed by atoms with van der Waals surface area (Å²) in [7, 11) is 0. The van der Waals surface area contributed by atoms with Gasteiger partial charge in [-0.25, -0.2) is 4.98 Å². The van der Waals surface area contributed by atoms with Gasteiger partial charge >= 0.3 is 0 Å². The van der Waals surface area contributed by atoms with Crippen LogP contribution in [-0.2, 0) is 0 Å². The Morgan fingerprint density at radius 2 is 0.882 bits per heavy atom. The molecule has 11 aromatic rings. The van der Waals surface area contributed by atoms with Gasteiger partial charge in [0.05, 0.1) is 22.1 Å². The minimum Gasteiger partial charge on any atom is -0.456 e. The lowest BCUT2D eigenvalue weighted by Gasteiger charge is -2.11. The van der Waals surface area contributed by atoms with Crippen LogP contribution < -0.4 is 0 Å². The molecule has 6 nitrogen and oxygen atoms in total. The number of furan rings is 1. The Kier molecular flexibility index (Phi) is 5.86. The smallest absolute Gasteiger partial charge is 0.238 e. The molecular formula is C45H27N5O. The summed E-state index contributed by atoms with van der Waals surface area (Å²) in [5.41, 5.74) is 8.99. The number of nitrogens with zero attached hydrogens (tertiary/aromatic N) is 5. The van der Waals surface area contributed by atoms with Crippen LogP contribution in [0.1, 0.15) is 0 Å². The lowest BCUT2D eigenvalue weighted by atomic mass is 10.1. The molecule has 0 radical (unpaired) electrons. The van der Waals surface area contributed by atoms with Gasteiger partial charge in [-0.3, -0.25) is 4.57 Å². The molecule has 0 fully saturated rings. The highest BCUT2D eigenvalue weighted by atomic mass is 16.3. The molecule has 4 heterocycles. The van der Waals surface area contributed by atoms with Gasteiger partial charge in [0.15, 0.2) is 11.6 Å². The zero-order valence-electron chi connectivity index (χ0n) is 27.2. The van der Waals surface area contributed by atoms with Gasteiger partial charge in [0.2, 0.25) is 5.95 Å².